The lowest BCUT2D eigenvalue weighted by molar-refractivity contribution is -0.119. The Bertz CT molecular complexity index is 1230. The zero-order valence-electron chi connectivity index (χ0n) is 18.4. The second kappa shape index (κ2) is 9.05. The molecule has 0 atom stereocenters. The van der Waals surface area contributed by atoms with Crippen LogP contribution in [0.15, 0.2) is 59.7 Å². The van der Waals surface area contributed by atoms with E-state index in [-0.39, 0.29) is 29.0 Å². The monoisotopic (exact) mass is 445 g/mol. The number of hydrogen-bond acceptors (Lipinski definition) is 5. The Balaban J connectivity index is 1.34. The molecule has 1 saturated heterocycles. The highest BCUT2D eigenvalue weighted by Crippen LogP contribution is 2.25. The summed E-state index contributed by atoms with van der Waals surface area (Å²) in [7, 11) is 0. The van der Waals surface area contributed by atoms with Crippen molar-refractivity contribution in [2.24, 2.45) is 5.92 Å². The van der Waals surface area contributed by atoms with Crippen molar-refractivity contribution in [2.75, 3.05) is 36.4 Å². The summed E-state index contributed by atoms with van der Waals surface area (Å²) in [5.41, 5.74) is 1.60. The van der Waals surface area contributed by atoms with Gasteiger partial charge >= 0.3 is 0 Å². The molecule has 3 heterocycles. The smallest absolute Gasteiger partial charge is 0.281 e. The summed E-state index contributed by atoms with van der Waals surface area (Å²) in [4.78, 5) is 47.2. The molecule has 2 aromatic heterocycles. The minimum atomic E-state index is -0.380. The first kappa shape index (κ1) is 21.2. The van der Waals surface area contributed by atoms with E-state index < -0.39 is 0 Å². The number of aromatic nitrogens is 2. The number of benzene rings is 1. The summed E-state index contributed by atoms with van der Waals surface area (Å²) in [6.07, 6.45) is 6.74. The van der Waals surface area contributed by atoms with Gasteiger partial charge in [-0.15, -0.1) is 0 Å². The van der Waals surface area contributed by atoms with Crippen LogP contribution in [-0.2, 0) is 4.79 Å². The van der Waals surface area contributed by atoms with Crippen molar-refractivity contribution in [3.8, 4) is 0 Å². The maximum absolute atomic E-state index is 13.3. The van der Waals surface area contributed by atoms with Crippen molar-refractivity contribution in [3.63, 3.8) is 0 Å². The second-order valence-electron chi connectivity index (χ2n) is 8.68. The molecule has 0 unspecified atom stereocenters. The van der Waals surface area contributed by atoms with E-state index in [9.17, 15) is 14.4 Å². The lowest BCUT2D eigenvalue weighted by Crippen LogP contribution is -2.49. The normalized spacial score (nSPS) is 16.8. The van der Waals surface area contributed by atoms with Crippen LogP contribution in [0.5, 0.6) is 0 Å². The number of carbonyl (C=O) groups is 2. The molecule has 1 N–H and O–H groups in total. The molecule has 1 aromatic carbocycles. The molecule has 3 aromatic rings. The maximum Gasteiger partial charge on any atom is 0.281 e. The Morgan fingerprint density at radius 1 is 0.939 bits per heavy atom. The molecule has 8 heteroatoms. The van der Waals surface area contributed by atoms with Crippen LogP contribution >= 0.6 is 0 Å². The van der Waals surface area contributed by atoms with Crippen LogP contribution < -0.4 is 15.8 Å². The van der Waals surface area contributed by atoms with E-state index in [0.29, 0.717) is 24.3 Å². The molecular formula is C25H27N5O3. The number of pyridine rings is 1. The summed E-state index contributed by atoms with van der Waals surface area (Å²) in [6.45, 7) is 2.67. The Morgan fingerprint density at radius 2 is 1.67 bits per heavy atom. The van der Waals surface area contributed by atoms with E-state index in [1.165, 1.54) is 10.6 Å². The summed E-state index contributed by atoms with van der Waals surface area (Å²) in [6, 6.07) is 13.5. The third-order valence-corrected chi connectivity index (χ3v) is 6.63. The molecule has 2 aliphatic rings. The Kier molecular flexibility index (Phi) is 5.81. The van der Waals surface area contributed by atoms with Crippen molar-refractivity contribution < 1.29 is 9.59 Å². The molecule has 2 amide bonds. The van der Waals surface area contributed by atoms with Gasteiger partial charge in [0.15, 0.2) is 5.65 Å². The number of nitrogens with zero attached hydrogens (tertiary/aromatic N) is 4. The molecule has 1 saturated carbocycles. The van der Waals surface area contributed by atoms with Gasteiger partial charge in [0.05, 0.1) is 11.8 Å². The summed E-state index contributed by atoms with van der Waals surface area (Å²) < 4.78 is 1.34. The quantitative estimate of drug-likeness (QED) is 0.667. The molecule has 2 fully saturated rings. The fraction of sp³-hybridized carbons (Fsp3) is 0.360. The maximum atomic E-state index is 13.3. The van der Waals surface area contributed by atoms with Crippen LogP contribution in [0.1, 0.15) is 36.0 Å². The number of carbonyl (C=O) groups excluding carboxylic acids is 2. The van der Waals surface area contributed by atoms with E-state index >= 15 is 0 Å². The average molecular weight is 446 g/mol. The fourth-order valence-electron chi connectivity index (χ4n) is 4.76. The molecule has 1 aliphatic carbocycles. The van der Waals surface area contributed by atoms with E-state index in [1.54, 1.807) is 23.2 Å². The first-order valence-corrected chi connectivity index (χ1v) is 11.5. The van der Waals surface area contributed by atoms with E-state index in [1.807, 2.05) is 18.2 Å². The van der Waals surface area contributed by atoms with Gasteiger partial charge in [-0.05, 0) is 37.1 Å². The Morgan fingerprint density at radius 3 is 2.39 bits per heavy atom. The Hall–Kier alpha value is -3.68. The molecule has 0 radical (unpaired) electrons. The van der Waals surface area contributed by atoms with Gasteiger partial charge in [0, 0.05) is 44.0 Å². The van der Waals surface area contributed by atoms with Gasteiger partial charge in [-0.25, -0.2) is 4.98 Å². The summed E-state index contributed by atoms with van der Waals surface area (Å²) in [5, 5.41) is 2.74. The van der Waals surface area contributed by atoms with Crippen LogP contribution in [0.25, 0.3) is 5.65 Å². The lowest BCUT2D eigenvalue weighted by atomic mass is 10.1. The molecule has 1 aliphatic heterocycles. The molecular weight excluding hydrogens is 418 g/mol. The van der Waals surface area contributed by atoms with Gasteiger partial charge in [0.2, 0.25) is 5.91 Å². The zero-order valence-corrected chi connectivity index (χ0v) is 18.4. The minimum absolute atomic E-state index is 0.0486. The predicted octanol–water partition coefficient (Wildman–Crippen LogP) is 2.79. The number of amides is 2. The van der Waals surface area contributed by atoms with Gasteiger partial charge < -0.3 is 15.1 Å². The Labute approximate surface area is 191 Å². The molecule has 0 bridgehead atoms. The highest BCUT2D eigenvalue weighted by atomic mass is 16.2. The van der Waals surface area contributed by atoms with Crippen molar-refractivity contribution in [3.05, 3.63) is 70.8 Å². The minimum Gasteiger partial charge on any atom is -0.368 e. The SMILES string of the molecule is O=C(Nc1cnc2c(C(=O)N3CCN(c4ccccc4)CC3)cccn2c1=O)C1CCCC1. The van der Waals surface area contributed by atoms with E-state index in [2.05, 4.69) is 27.3 Å². The van der Waals surface area contributed by atoms with Gasteiger partial charge in [0.25, 0.3) is 11.5 Å². The van der Waals surface area contributed by atoms with Gasteiger partial charge in [-0.1, -0.05) is 31.0 Å². The zero-order chi connectivity index (χ0) is 22.8. The number of nitrogens with one attached hydrogen (secondary N) is 1. The van der Waals surface area contributed by atoms with Crippen LogP contribution in [0.2, 0.25) is 0 Å². The summed E-state index contributed by atoms with van der Waals surface area (Å²) in [5.74, 6) is -0.321. The highest BCUT2D eigenvalue weighted by molar-refractivity contribution is 6.00. The number of para-hydroxylation sites is 1. The van der Waals surface area contributed by atoms with E-state index in [0.717, 1.165) is 44.5 Å². The topological polar surface area (TPSA) is 87.0 Å². The molecule has 170 valence electrons. The van der Waals surface area contributed by atoms with Crippen LogP contribution in [0, 0.1) is 5.92 Å². The van der Waals surface area contributed by atoms with Crippen molar-refractivity contribution in [1.29, 1.82) is 0 Å². The largest absolute Gasteiger partial charge is 0.368 e. The molecule has 5 rings (SSSR count). The number of anilines is 2. The number of hydrogen-bond donors (Lipinski definition) is 1. The average Bonchev–Trinajstić information content (AvgIpc) is 3.41. The first-order chi connectivity index (χ1) is 16.1. The highest BCUT2D eigenvalue weighted by Gasteiger charge is 2.26. The number of rotatable bonds is 4. The fourth-order valence-corrected chi connectivity index (χ4v) is 4.76. The van der Waals surface area contributed by atoms with Gasteiger partial charge in [-0.3, -0.25) is 18.8 Å². The lowest BCUT2D eigenvalue weighted by Gasteiger charge is -2.36. The van der Waals surface area contributed by atoms with E-state index in [4.69, 9.17) is 0 Å². The predicted molar refractivity (Wildman–Crippen MR) is 127 cm³/mol. The number of piperazine rings is 1. The standard InChI is InChI=1S/C25H27N5O3/c31-23(18-7-4-5-8-18)27-21-17-26-22-20(11-6-12-30(22)25(21)33)24(32)29-15-13-28(14-16-29)19-9-2-1-3-10-19/h1-3,6,9-12,17-18H,4-5,7-8,13-16H2,(H,27,31). The van der Waals surface area contributed by atoms with Gasteiger partial charge in [-0.2, -0.15) is 0 Å². The van der Waals surface area contributed by atoms with Gasteiger partial charge in [0.1, 0.15) is 5.69 Å². The van der Waals surface area contributed by atoms with Crippen LogP contribution in [-0.4, -0.2) is 52.3 Å². The second-order valence-corrected chi connectivity index (χ2v) is 8.68. The third-order valence-electron chi connectivity index (χ3n) is 6.63. The molecule has 8 nitrogen and oxygen atoms in total. The summed E-state index contributed by atoms with van der Waals surface area (Å²) >= 11 is 0. The molecule has 0 spiro atoms. The van der Waals surface area contributed by atoms with Crippen molar-refractivity contribution in [1.82, 2.24) is 14.3 Å². The van der Waals surface area contributed by atoms with Crippen LogP contribution in [0.3, 0.4) is 0 Å². The number of fused-ring (bicyclic) bond motifs is 1. The van der Waals surface area contributed by atoms with Crippen LogP contribution in [0.4, 0.5) is 11.4 Å². The van der Waals surface area contributed by atoms with Crippen molar-refractivity contribution >= 4 is 28.8 Å². The van der Waals surface area contributed by atoms with Crippen molar-refractivity contribution in [2.45, 2.75) is 25.7 Å². The third kappa shape index (κ3) is 4.20. The molecule has 33 heavy (non-hydrogen) atoms. The first-order valence-electron chi connectivity index (χ1n) is 11.5.